The first-order valence-corrected chi connectivity index (χ1v) is 8.37. The second-order valence-electron chi connectivity index (χ2n) is 5.89. The molecule has 0 spiro atoms. The van der Waals surface area contributed by atoms with Gasteiger partial charge >= 0.3 is 0 Å². The van der Waals surface area contributed by atoms with Gasteiger partial charge in [0, 0.05) is 22.7 Å². The van der Waals surface area contributed by atoms with Crippen molar-refractivity contribution in [1.82, 2.24) is 4.98 Å². The smallest absolute Gasteiger partial charge is 0.230 e. The maximum absolute atomic E-state index is 11.5. The van der Waals surface area contributed by atoms with Gasteiger partial charge in [0.1, 0.15) is 12.0 Å². The number of carbonyl (C=O) groups is 1. The fourth-order valence-electron chi connectivity index (χ4n) is 2.88. The summed E-state index contributed by atoms with van der Waals surface area (Å²) in [6.45, 7) is 1.54. The van der Waals surface area contributed by atoms with Gasteiger partial charge in [0.05, 0.1) is 28.7 Å². The van der Waals surface area contributed by atoms with Crippen LogP contribution in [-0.2, 0) is 0 Å². The van der Waals surface area contributed by atoms with E-state index in [1.807, 2.05) is 30.3 Å². The summed E-state index contributed by atoms with van der Waals surface area (Å²) in [5.41, 5.74) is 3.45. The third-order valence-corrected chi connectivity index (χ3v) is 4.51. The Bertz CT molecular complexity index is 1130. The number of methoxy groups -OCH3 is 1. The molecule has 0 saturated heterocycles. The second kappa shape index (κ2) is 6.35. The zero-order chi connectivity index (χ0) is 18.3. The van der Waals surface area contributed by atoms with Gasteiger partial charge in [-0.1, -0.05) is 11.6 Å². The molecular formula is C20H15ClN2O3. The highest BCUT2D eigenvalue weighted by Crippen LogP contribution is 2.39. The van der Waals surface area contributed by atoms with Gasteiger partial charge < -0.3 is 14.5 Å². The number of ketones is 1. The highest BCUT2D eigenvalue weighted by molar-refractivity contribution is 6.37. The number of rotatable bonds is 4. The van der Waals surface area contributed by atoms with Crippen molar-refractivity contribution in [1.29, 1.82) is 0 Å². The number of aromatic nitrogens is 1. The molecule has 4 rings (SSSR count). The van der Waals surface area contributed by atoms with Gasteiger partial charge in [-0.25, -0.2) is 4.98 Å². The number of Topliss-reactive ketones (excluding diaryl/α,β-unsaturated/α-hetero) is 1. The molecule has 0 aliphatic heterocycles. The number of hydrogen-bond acceptors (Lipinski definition) is 5. The lowest BCUT2D eigenvalue weighted by Gasteiger charge is -2.12. The van der Waals surface area contributed by atoms with Gasteiger partial charge in [-0.3, -0.25) is 4.79 Å². The molecule has 0 aliphatic rings. The lowest BCUT2D eigenvalue weighted by molar-refractivity contribution is 0.101. The predicted molar refractivity (Wildman–Crippen MR) is 103 cm³/mol. The summed E-state index contributed by atoms with van der Waals surface area (Å²) >= 11 is 6.33. The zero-order valence-corrected chi connectivity index (χ0v) is 14.9. The Labute approximate surface area is 154 Å². The number of halogens is 1. The first-order chi connectivity index (χ1) is 12.6. The molecule has 0 amide bonds. The predicted octanol–water partition coefficient (Wildman–Crippen LogP) is 5.59. The van der Waals surface area contributed by atoms with E-state index in [1.165, 1.54) is 6.26 Å². The third kappa shape index (κ3) is 2.76. The van der Waals surface area contributed by atoms with Crippen molar-refractivity contribution in [2.24, 2.45) is 0 Å². The molecule has 0 bridgehead atoms. The van der Waals surface area contributed by atoms with Gasteiger partial charge in [0.2, 0.25) is 5.71 Å². The molecule has 0 atom stereocenters. The summed E-state index contributed by atoms with van der Waals surface area (Å²) in [5, 5.41) is 5.46. The van der Waals surface area contributed by atoms with E-state index in [9.17, 15) is 4.79 Å². The van der Waals surface area contributed by atoms with E-state index in [4.69, 9.17) is 20.8 Å². The van der Waals surface area contributed by atoms with E-state index < -0.39 is 0 Å². The fourth-order valence-corrected chi connectivity index (χ4v) is 3.10. The highest BCUT2D eigenvalue weighted by Gasteiger charge is 2.16. The van der Waals surface area contributed by atoms with Gasteiger partial charge in [0.15, 0.2) is 5.78 Å². The normalized spacial score (nSPS) is 11.0. The standard InChI is InChI=1S/C20H15ClN2O3/c1-11(24)12-3-5-13(6-4-12)22-19-15-8-7-14(25-2)9-17(15)23-20-18(19)16(21)10-26-20/h3-10H,1-2H3,(H,22,23). The molecule has 4 aromatic rings. The number of benzene rings is 2. The van der Waals surface area contributed by atoms with Gasteiger partial charge in [-0.15, -0.1) is 0 Å². The Morgan fingerprint density at radius 1 is 1.19 bits per heavy atom. The second-order valence-corrected chi connectivity index (χ2v) is 6.30. The Balaban J connectivity index is 1.90. The summed E-state index contributed by atoms with van der Waals surface area (Å²) < 4.78 is 10.8. The van der Waals surface area contributed by atoms with Crippen molar-refractivity contribution in [2.75, 3.05) is 12.4 Å². The average molecular weight is 367 g/mol. The van der Waals surface area contributed by atoms with Crippen LogP contribution in [0.25, 0.3) is 22.0 Å². The molecule has 0 fully saturated rings. The summed E-state index contributed by atoms with van der Waals surface area (Å²) in [7, 11) is 1.61. The van der Waals surface area contributed by atoms with Gasteiger partial charge in [-0.2, -0.15) is 0 Å². The summed E-state index contributed by atoms with van der Waals surface area (Å²) in [4.78, 5) is 16.0. The Morgan fingerprint density at radius 2 is 1.96 bits per heavy atom. The highest BCUT2D eigenvalue weighted by atomic mass is 35.5. The fraction of sp³-hybridized carbons (Fsp3) is 0.100. The Morgan fingerprint density at radius 3 is 2.65 bits per heavy atom. The van der Waals surface area contributed by atoms with Crippen molar-refractivity contribution in [3.8, 4) is 5.75 Å². The van der Waals surface area contributed by atoms with Crippen LogP contribution in [0.4, 0.5) is 11.4 Å². The van der Waals surface area contributed by atoms with Crippen molar-refractivity contribution in [3.05, 3.63) is 59.3 Å². The molecule has 0 unspecified atom stereocenters. The van der Waals surface area contributed by atoms with Crippen LogP contribution in [0.3, 0.4) is 0 Å². The number of pyridine rings is 1. The SMILES string of the molecule is COc1ccc2c(Nc3ccc(C(C)=O)cc3)c3c(Cl)coc3nc2c1. The largest absolute Gasteiger partial charge is 0.497 e. The molecule has 1 N–H and O–H groups in total. The van der Waals surface area contributed by atoms with Crippen LogP contribution in [0.5, 0.6) is 5.75 Å². The van der Waals surface area contributed by atoms with Crippen LogP contribution in [-0.4, -0.2) is 17.9 Å². The number of carbonyl (C=O) groups excluding carboxylic acids is 1. The average Bonchev–Trinajstić information content (AvgIpc) is 3.02. The van der Waals surface area contributed by atoms with E-state index in [0.29, 0.717) is 27.4 Å². The number of nitrogens with zero attached hydrogens (tertiary/aromatic N) is 1. The van der Waals surface area contributed by atoms with Crippen molar-refractivity contribution in [3.63, 3.8) is 0 Å². The third-order valence-electron chi connectivity index (χ3n) is 4.23. The van der Waals surface area contributed by atoms with Crippen molar-refractivity contribution < 1.29 is 13.9 Å². The van der Waals surface area contributed by atoms with Crippen LogP contribution in [0.1, 0.15) is 17.3 Å². The molecule has 6 heteroatoms. The van der Waals surface area contributed by atoms with E-state index in [0.717, 1.165) is 22.3 Å². The molecule has 5 nitrogen and oxygen atoms in total. The van der Waals surface area contributed by atoms with Crippen LogP contribution in [0, 0.1) is 0 Å². The monoisotopic (exact) mass is 366 g/mol. The maximum atomic E-state index is 11.5. The molecule has 0 aliphatic carbocycles. The molecular weight excluding hydrogens is 352 g/mol. The molecule has 26 heavy (non-hydrogen) atoms. The van der Waals surface area contributed by atoms with E-state index in [-0.39, 0.29) is 5.78 Å². The quantitative estimate of drug-likeness (QED) is 0.477. The topological polar surface area (TPSA) is 64.4 Å². The molecule has 2 aromatic heterocycles. The van der Waals surface area contributed by atoms with Crippen molar-refractivity contribution >= 4 is 50.8 Å². The first-order valence-electron chi connectivity index (χ1n) is 7.99. The Hall–Kier alpha value is -3.05. The molecule has 0 saturated carbocycles. The van der Waals surface area contributed by atoms with E-state index >= 15 is 0 Å². The number of ether oxygens (including phenoxy) is 1. The summed E-state index contributed by atoms with van der Waals surface area (Å²) in [6, 6.07) is 12.9. The molecule has 130 valence electrons. The minimum absolute atomic E-state index is 0.0262. The Kier molecular flexibility index (Phi) is 4.01. The number of fused-ring (bicyclic) bond motifs is 2. The lowest BCUT2D eigenvalue weighted by Crippen LogP contribution is -1.96. The molecule has 0 radical (unpaired) electrons. The molecule has 2 heterocycles. The summed E-state index contributed by atoms with van der Waals surface area (Å²) in [6.07, 6.45) is 1.47. The van der Waals surface area contributed by atoms with Crippen LogP contribution >= 0.6 is 11.6 Å². The number of hydrogen-bond donors (Lipinski definition) is 1. The van der Waals surface area contributed by atoms with Gasteiger partial charge in [0.25, 0.3) is 0 Å². The molecule has 2 aromatic carbocycles. The van der Waals surface area contributed by atoms with E-state index in [2.05, 4.69) is 10.3 Å². The van der Waals surface area contributed by atoms with Crippen LogP contribution in [0.15, 0.2) is 53.1 Å². The van der Waals surface area contributed by atoms with Crippen LogP contribution in [0.2, 0.25) is 5.02 Å². The van der Waals surface area contributed by atoms with Crippen LogP contribution < -0.4 is 10.1 Å². The van der Waals surface area contributed by atoms with Gasteiger partial charge in [-0.05, 0) is 43.3 Å². The number of nitrogens with one attached hydrogen (secondary N) is 1. The number of furan rings is 1. The van der Waals surface area contributed by atoms with E-state index in [1.54, 1.807) is 26.2 Å². The first kappa shape index (κ1) is 16.4. The summed E-state index contributed by atoms with van der Waals surface area (Å²) in [5.74, 6) is 0.733. The maximum Gasteiger partial charge on any atom is 0.230 e. The lowest BCUT2D eigenvalue weighted by atomic mass is 10.1. The zero-order valence-electron chi connectivity index (χ0n) is 14.2. The minimum Gasteiger partial charge on any atom is -0.497 e. The number of anilines is 2. The van der Waals surface area contributed by atoms with Crippen molar-refractivity contribution in [2.45, 2.75) is 6.92 Å². The minimum atomic E-state index is 0.0262.